The third-order valence-corrected chi connectivity index (χ3v) is 3.52. The number of anilines is 1. The third kappa shape index (κ3) is 3.19. The molecule has 1 atom stereocenters. The number of aliphatic hydroxyl groups excluding tert-OH is 1. The summed E-state index contributed by atoms with van der Waals surface area (Å²) in [7, 11) is 0. The van der Waals surface area contributed by atoms with Crippen LogP contribution in [0.4, 0.5) is 18.9 Å². The van der Waals surface area contributed by atoms with Gasteiger partial charge in [-0.25, -0.2) is 0 Å². The van der Waals surface area contributed by atoms with Crippen LogP contribution in [0.2, 0.25) is 0 Å². The van der Waals surface area contributed by atoms with Gasteiger partial charge in [0.25, 0.3) is 0 Å². The van der Waals surface area contributed by atoms with Gasteiger partial charge in [-0.15, -0.1) is 0 Å². The number of hydrogen-bond acceptors (Lipinski definition) is 3. The fourth-order valence-corrected chi connectivity index (χ4v) is 2.52. The zero-order valence-electron chi connectivity index (χ0n) is 10.5. The summed E-state index contributed by atoms with van der Waals surface area (Å²) < 4.78 is 38.9. The molecular formula is C13H17F3N2O. The number of halogens is 3. The molecule has 2 rings (SSSR count). The van der Waals surface area contributed by atoms with Crippen LogP contribution in [0.25, 0.3) is 0 Å². The molecule has 0 spiro atoms. The predicted molar refractivity (Wildman–Crippen MR) is 66.4 cm³/mol. The normalized spacial score (nSPS) is 20.9. The van der Waals surface area contributed by atoms with Gasteiger partial charge >= 0.3 is 6.18 Å². The lowest BCUT2D eigenvalue weighted by atomic mass is 10.1. The van der Waals surface area contributed by atoms with E-state index in [4.69, 9.17) is 5.73 Å². The van der Waals surface area contributed by atoms with Crippen molar-refractivity contribution in [3.05, 3.63) is 29.3 Å². The molecule has 19 heavy (non-hydrogen) atoms. The van der Waals surface area contributed by atoms with Crippen LogP contribution in [0, 0.1) is 0 Å². The number of nitrogens with two attached hydrogens (primary N) is 1. The fourth-order valence-electron chi connectivity index (χ4n) is 2.52. The minimum absolute atomic E-state index is 0.0175. The molecule has 0 aromatic heterocycles. The van der Waals surface area contributed by atoms with Gasteiger partial charge in [-0.2, -0.15) is 13.2 Å². The van der Waals surface area contributed by atoms with Gasteiger partial charge in [0.15, 0.2) is 0 Å². The van der Waals surface area contributed by atoms with Gasteiger partial charge in [-0.1, -0.05) is 6.07 Å². The lowest BCUT2D eigenvalue weighted by molar-refractivity contribution is -0.138. The summed E-state index contributed by atoms with van der Waals surface area (Å²) in [6.45, 7) is 0.892. The summed E-state index contributed by atoms with van der Waals surface area (Å²) in [5.74, 6) is 0. The Morgan fingerprint density at radius 1 is 1.37 bits per heavy atom. The zero-order valence-corrected chi connectivity index (χ0v) is 10.5. The van der Waals surface area contributed by atoms with Crippen molar-refractivity contribution in [2.45, 2.75) is 31.6 Å². The van der Waals surface area contributed by atoms with Crippen LogP contribution in [-0.2, 0) is 12.7 Å². The van der Waals surface area contributed by atoms with Crippen molar-refractivity contribution in [3.8, 4) is 0 Å². The van der Waals surface area contributed by atoms with Crippen LogP contribution in [0.3, 0.4) is 0 Å². The van der Waals surface area contributed by atoms with Crippen LogP contribution in [0.5, 0.6) is 0 Å². The highest BCUT2D eigenvalue weighted by Gasteiger charge is 2.34. The second-order valence-corrected chi connectivity index (χ2v) is 4.86. The number of likely N-dealkylation sites (tertiary alicyclic amines) is 1. The van der Waals surface area contributed by atoms with Gasteiger partial charge in [0.05, 0.1) is 12.2 Å². The Morgan fingerprint density at radius 3 is 2.74 bits per heavy atom. The van der Waals surface area contributed by atoms with E-state index in [9.17, 15) is 18.3 Å². The first-order valence-electron chi connectivity index (χ1n) is 6.22. The Bertz CT molecular complexity index is 448. The van der Waals surface area contributed by atoms with E-state index >= 15 is 0 Å². The number of rotatable bonds is 3. The molecule has 1 fully saturated rings. The molecule has 1 heterocycles. The Morgan fingerprint density at radius 2 is 2.11 bits per heavy atom. The molecule has 1 saturated heterocycles. The van der Waals surface area contributed by atoms with Gasteiger partial charge < -0.3 is 10.8 Å². The Kier molecular flexibility index (Phi) is 4.01. The lowest BCUT2D eigenvalue weighted by Gasteiger charge is -2.24. The van der Waals surface area contributed by atoms with Crippen LogP contribution >= 0.6 is 0 Å². The topological polar surface area (TPSA) is 49.5 Å². The quantitative estimate of drug-likeness (QED) is 0.831. The molecule has 0 amide bonds. The third-order valence-electron chi connectivity index (χ3n) is 3.52. The first-order chi connectivity index (χ1) is 8.91. The molecule has 1 aliphatic heterocycles. The van der Waals surface area contributed by atoms with Crippen molar-refractivity contribution < 1.29 is 18.3 Å². The lowest BCUT2D eigenvalue weighted by Crippen LogP contribution is -2.32. The van der Waals surface area contributed by atoms with Crippen molar-refractivity contribution in [3.63, 3.8) is 0 Å². The molecule has 1 aliphatic rings. The molecule has 6 heteroatoms. The maximum absolute atomic E-state index is 13.0. The molecule has 0 radical (unpaired) electrons. The molecule has 0 saturated carbocycles. The van der Waals surface area contributed by atoms with Crippen molar-refractivity contribution in [1.82, 2.24) is 4.90 Å². The van der Waals surface area contributed by atoms with E-state index in [1.165, 1.54) is 12.1 Å². The average molecular weight is 274 g/mol. The Balaban J connectivity index is 2.25. The average Bonchev–Trinajstić information content (AvgIpc) is 2.77. The van der Waals surface area contributed by atoms with E-state index < -0.39 is 11.7 Å². The number of benzene rings is 1. The molecule has 1 unspecified atom stereocenters. The Hall–Kier alpha value is -1.27. The summed E-state index contributed by atoms with van der Waals surface area (Å²) in [6, 6.07) is 3.83. The summed E-state index contributed by atoms with van der Waals surface area (Å²) in [6.07, 6.45) is -2.67. The van der Waals surface area contributed by atoms with E-state index in [2.05, 4.69) is 0 Å². The minimum Gasteiger partial charge on any atom is -0.399 e. The molecule has 1 aromatic carbocycles. The number of nitrogens with zero attached hydrogens (tertiary/aromatic N) is 1. The highest BCUT2D eigenvalue weighted by Crippen LogP contribution is 2.34. The van der Waals surface area contributed by atoms with Gasteiger partial charge in [-0.3, -0.25) is 4.90 Å². The first kappa shape index (κ1) is 14.1. The van der Waals surface area contributed by atoms with Crippen LogP contribution in [0.15, 0.2) is 18.2 Å². The van der Waals surface area contributed by atoms with Crippen molar-refractivity contribution in [2.75, 3.05) is 18.9 Å². The number of alkyl halides is 3. The standard InChI is InChI=1S/C13H17F3N2O/c14-13(15,16)12-6-10(17)4-3-9(12)7-18-5-1-2-11(18)8-19/h3-4,6,11,19H,1-2,5,7-8,17H2. The molecule has 0 bridgehead atoms. The summed E-state index contributed by atoms with van der Waals surface area (Å²) in [5, 5.41) is 9.20. The monoisotopic (exact) mass is 274 g/mol. The van der Waals surface area contributed by atoms with Crippen LogP contribution in [0.1, 0.15) is 24.0 Å². The SMILES string of the molecule is Nc1ccc(CN2CCCC2CO)c(C(F)(F)F)c1. The second-order valence-electron chi connectivity index (χ2n) is 4.86. The van der Waals surface area contributed by atoms with Crippen LogP contribution < -0.4 is 5.73 Å². The van der Waals surface area contributed by atoms with E-state index in [1.807, 2.05) is 4.90 Å². The smallest absolute Gasteiger partial charge is 0.399 e. The number of hydrogen-bond donors (Lipinski definition) is 2. The molecular weight excluding hydrogens is 257 g/mol. The van der Waals surface area contributed by atoms with Gasteiger partial charge in [0.1, 0.15) is 0 Å². The molecule has 3 N–H and O–H groups in total. The largest absolute Gasteiger partial charge is 0.416 e. The Labute approximate surface area is 109 Å². The molecule has 1 aromatic rings. The summed E-state index contributed by atoms with van der Waals surface area (Å²) >= 11 is 0. The van der Waals surface area contributed by atoms with Crippen LogP contribution in [-0.4, -0.2) is 29.2 Å². The highest BCUT2D eigenvalue weighted by molar-refractivity contribution is 5.46. The minimum atomic E-state index is -4.40. The fraction of sp³-hybridized carbons (Fsp3) is 0.538. The predicted octanol–water partition coefficient (Wildman–Crippen LogP) is 2.24. The van der Waals surface area contributed by atoms with Gasteiger partial charge in [0, 0.05) is 18.3 Å². The molecule has 0 aliphatic carbocycles. The van der Waals surface area contributed by atoms with Crippen molar-refractivity contribution >= 4 is 5.69 Å². The van der Waals surface area contributed by atoms with E-state index in [-0.39, 0.29) is 30.4 Å². The van der Waals surface area contributed by atoms with Gasteiger partial charge in [0.2, 0.25) is 0 Å². The molecule has 3 nitrogen and oxygen atoms in total. The second kappa shape index (κ2) is 5.38. The number of aliphatic hydroxyl groups is 1. The highest BCUT2D eigenvalue weighted by atomic mass is 19.4. The maximum atomic E-state index is 13.0. The number of nitrogen functional groups attached to an aromatic ring is 1. The summed E-state index contributed by atoms with van der Waals surface area (Å²) in [4.78, 5) is 1.89. The molecule has 106 valence electrons. The first-order valence-corrected chi connectivity index (χ1v) is 6.22. The van der Waals surface area contributed by atoms with Crippen molar-refractivity contribution in [1.29, 1.82) is 0 Å². The van der Waals surface area contributed by atoms with E-state index in [0.717, 1.165) is 18.9 Å². The maximum Gasteiger partial charge on any atom is 0.416 e. The van der Waals surface area contributed by atoms with Gasteiger partial charge in [-0.05, 0) is 37.1 Å². The zero-order chi connectivity index (χ0) is 14.0. The van der Waals surface area contributed by atoms with E-state index in [0.29, 0.717) is 6.54 Å². The van der Waals surface area contributed by atoms with Crippen molar-refractivity contribution in [2.24, 2.45) is 0 Å². The summed E-state index contributed by atoms with van der Waals surface area (Å²) in [5.41, 5.74) is 5.07. The van der Waals surface area contributed by atoms with E-state index in [1.54, 1.807) is 0 Å².